The summed E-state index contributed by atoms with van der Waals surface area (Å²) in [5.74, 6) is 0. The van der Waals surface area contributed by atoms with Crippen molar-refractivity contribution in [2.75, 3.05) is 13.2 Å². The van der Waals surface area contributed by atoms with Gasteiger partial charge in [0.15, 0.2) is 4.96 Å². The number of aromatic nitrogens is 2. The molecule has 1 unspecified atom stereocenters. The van der Waals surface area contributed by atoms with E-state index in [0.717, 1.165) is 29.5 Å². The smallest absolute Gasteiger partial charge is 0.194 e. The minimum atomic E-state index is 0.235. The molecular weight excluding hydrogens is 266 g/mol. The van der Waals surface area contributed by atoms with Gasteiger partial charge in [-0.2, -0.15) is 0 Å². The van der Waals surface area contributed by atoms with Crippen molar-refractivity contribution in [3.8, 4) is 0 Å². The molecule has 0 saturated heterocycles. The van der Waals surface area contributed by atoms with E-state index in [9.17, 15) is 0 Å². The van der Waals surface area contributed by atoms with Gasteiger partial charge >= 0.3 is 0 Å². The lowest BCUT2D eigenvalue weighted by Gasteiger charge is -2.09. The monoisotopic (exact) mass is 285 g/mol. The van der Waals surface area contributed by atoms with E-state index in [-0.39, 0.29) is 6.61 Å². The largest absolute Gasteiger partial charge is 0.396 e. The second-order valence-corrected chi connectivity index (χ2v) is 6.44. The molecule has 0 bridgehead atoms. The molecule has 2 aromatic rings. The minimum absolute atomic E-state index is 0.235. The Morgan fingerprint density at radius 1 is 1.61 bits per heavy atom. The van der Waals surface area contributed by atoms with Crippen LogP contribution in [0.15, 0.2) is 16.6 Å². The third-order valence-corrected chi connectivity index (χ3v) is 4.66. The van der Waals surface area contributed by atoms with Crippen molar-refractivity contribution in [2.45, 2.75) is 37.1 Å². The van der Waals surface area contributed by atoms with Gasteiger partial charge in [0, 0.05) is 30.0 Å². The number of thioether (sulfide) groups is 1. The molecule has 2 rings (SSSR count). The van der Waals surface area contributed by atoms with Gasteiger partial charge in [0.25, 0.3) is 0 Å². The molecule has 0 amide bonds. The average molecular weight is 285 g/mol. The van der Waals surface area contributed by atoms with Crippen LogP contribution in [0, 0.1) is 0 Å². The van der Waals surface area contributed by atoms with Gasteiger partial charge in [-0.15, -0.1) is 23.1 Å². The Hall–Kier alpha value is -0.560. The molecule has 1 atom stereocenters. The SMILES string of the molecule is CCNCc1c(SC(C)CCO)nc2sccn12. The highest BCUT2D eigenvalue weighted by atomic mass is 32.2. The summed E-state index contributed by atoms with van der Waals surface area (Å²) in [5.41, 5.74) is 1.22. The lowest BCUT2D eigenvalue weighted by Crippen LogP contribution is -2.14. The van der Waals surface area contributed by atoms with Gasteiger partial charge in [-0.05, 0) is 13.0 Å². The number of nitrogens with one attached hydrogen (secondary N) is 1. The van der Waals surface area contributed by atoms with Crippen LogP contribution in [0.5, 0.6) is 0 Å². The van der Waals surface area contributed by atoms with Crippen LogP contribution in [-0.4, -0.2) is 32.9 Å². The zero-order chi connectivity index (χ0) is 13.0. The number of aliphatic hydroxyl groups is 1. The number of thiazole rings is 1. The summed E-state index contributed by atoms with van der Waals surface area (Å²) in [6.45, 7) is 6.26. The van der Waals surface area contributed by atoms with Crippen molar-refractivity contribution >= 4 is 28.1 Å². The normalized spacial score (nSPS) is 13.3. The number of hydrogen-bond acceptors (Lipinski definition) is 5. The summed E-state index contributed by atoms with van der Waals surface area (Å²) in [7, 11) is 0. The maximum Gasteiger partial charge on any atom is 0.194 e. The van der Waals surface area contributed by atoms with Gasteiger partial charge in [0.1, 0.15) is 5.03 Å². The highest BCUT2D eigenvalue weighted by Crippen LogP contribution is 2.30. The maximum absolute atomic E-state index is 8.98. The zero-order valence-corrected chi connectivity index (χ0v) is 12.4. The zero-order valence-electron chi connectivity index (χ0n) is 10.7. The van der Waals surface area contributed by atoms with Crippen molar-refractivity contribution in [3.63, 3.8) is 0 Å². The van der Waals surface area contributed by atoms with Crippen LogP contribution in [0.2, 0.25) is 0 Å². The topological polar surface area (TPSA) is 49.6 Å². The molecule has 0 aliphatic carbocycles. The standard InChI is InChI=1S/C12H19N3OS2/c1-3-13-8-10-11(18-9(2)4-6-16)14-12-15(10)5-7-17-12/h5,7,9,13,16H,3-4,6,8H2,1-2H3. The van der Waals surface area contributed by atoms with Gasteiger partial charge in [0.05, 0.1) is 5.69 Å². The molecule has 0 radical (unpaired) electrons. The summed E-state index contributed by atoms with van der Waals surface area (Å²) < 4.78 is 2.15. The molecule has 0 aliphatic rings. The maximum atomic E-state index is 8.98. The predicted octanol–water partition coefficient (Wildman–Crippen LogP) is 2.37. The van der Waals surface area contributed by atoms with Crippen LogP contribution in [0.25, 0.3) is 4.96 Å². The molecule has 6 heteroatoms. The molecule has 100 valence electrons. The molecule has 0 spiro atoms. The average Bonchev–Trinajstić information content (AvgIpc) is 2.88. The lowest BCUT2D eigenvalue weighted by atomic mass is 10.3. The van der Waals surface area contributed by atoms with Crippen LogP contribution in [0.4, 0.5) is 0 Å². The van der Waals surface area contributed by atoms with Crippen LogP contribution in [0.3, 0.4) is 0 Å². The number of aliphatic hydroxyl groups excluding tert-OH is 1. The Morgan fingerprint density at radius 3 is 3.17 bits per heavy atom. The molecule has 2 N–H and O–H groups in total. The van der Waals surface area contributed by atoms with Crippen LogP contribution in [-0.2, 0) is 6.54 Å². The molecule has 2 heterocycles. The van der Waals surface area contributed by atoms with E-state index in [1.54, 1.807) is 23.1 Å². The van der Waals surface area contributed by atoms with Crippen LogP contribution >= 0.6 is 23.1 Å². The van der Waals surface area contributed by atoms with E-state index in [2.05, 4.69) is 40.1 Å². The number of nitrogens with zero attached hydrogens (tertiary/aromatic N) is 2. The van der Waals surface area contributed by atoms with E-state index >= 15 is 0 Å². The highest BCUT2D eigenvalue weighted by molar-refractivity contribution is 7.99. The van der Waals surface area contributed by atoms with Crippen molar-refractivity contribution in [1.82, 2.24) is 14.7 Å². The first kappa shape index (κ1) is 13.9. The lowest BCUT2D eigenvalue weighted by molar-refractivity contribution is 0.289. The predicted molar refractivity (Wildman–Crippen MR) is 77.5 cm³/mol. The Morgan fingerprint density at radius 2 is 2.44 bits per heavy atom. The fourth-order valence-corrected chi connectivity index (χ4v) is 3.58. The Kier molecular flexibility index (Phi) is 5.05. The van der Waals surface area contributed by atoms with E-state index < -0.39 is 0 Å². The van der Waals surface area contributed by atoms with E-state index in [0.29, 0.717) is 5.25 Å². The molecule has 0 fully saturated rings. The van der Waals surface area contributed by atoms with Gasteiger partial charge in [-0.25, -0.2) is 4.98 Å². The Balaban J connectivity index is 2.21. The fourth-order valence-electron chi connectivity index (χ4n) is 1.74. The second-order valence-electron chi connectivity index (χ2n) is 4.14. The van der Waals surface area contributed by atoms with Crippen molar-refractivity contribution < 1.29 is 5.11 Å². The van der Waals surface area contributed by atoms with Crippen LogP contribution < -0.4 is 5.32 Å². The number of hydrogen-bond donors (Lipinski definition) is 2. The van der Waals surface area contributed by atoms with Gasteiger partial charge in [-0.1, -0.05) is 13.8 Å². The molecule has 0 saturated carbocycles. The first-order valence-electron chi connectivity index (χ1n) is 6.19. The molecule has 2 aromatic heterocycles. The highest BCUT2D eigenvalue weighted by Gasteiger charge is 2.15. The summed E-state index contributed by atoms with van der Waals surface area (Å²) in [5, 5.41) is 15.9. The molecule has 0 aliphatic heterocycles. The van der Waals surface area contributed by atoms with E-state index in [4.69, 9.17) is 5.11 Å². The third-order valence-electron chi connectivity index (χ3n) is 2.72. The van der Waals surface area contributed by atoms with Crippen molar-refractivity contribution in [2.24, 2.45) is 0 Å². The number of fused-ring (bicyclic) bond motifs is 1. The van der Waals surface area contributed by atoms with E-state index in [1.165, 1.54) is 5.69 Å². The molecule has 18 heavy (non-hydrogen) atoms. The fraction of sp³-hybridized carbons (Fsp3) is 0.583. The third kappa shape index (κ3) is 3.06. The quantitative estimate of drug-likeness (QED) is 0.767. The minimum Gasteiger partial charge on any atom is -0.396 e. The summed E-state index contributed by atoms with van der Waals surface area (Å²) in [6.07, 6.45) is 2.87. The summed E-state index contributed by atoms with van der Waals surface area (Å²) in [6, 6.07) is 0. The number of imidazole rings is 1. The van der Waals surface area contributed by atoms with Gasteiger partial charge in [-0.3, -0.25) is 4.40 Å². The second kappa shape index (κ2) is 6.56. The van der Waals surface area contributed by atoms with Crippen LogP contribution in [0.1, 0.15) is 26.0 Å². The summed E-state index contributed by atoms with van der Waals surface area (Å²) in [4.78, 5) is 5.71. The molecule has 0 aromatic carbocycles. The van der Waals surface area contributed by atoms with Crippen molar-refractivity contribution in [1.29, 1.82) is 0 Å². The molecular formula is C12H19N3OS2. The van der Waals surface area contributed by atoms with E-state index in [1.807, 2.05) is 0 Å². The first-order chi connectivity index (χ1) is 8.76. The summed E-state index contributed by atoms with van der Waals surface area (Å²) >= 11 is 3.41. The van der Waals surface area contributed by atoms with Gasteiger partial charge < -0.3 is 10.4 Å². The molecule has 4 nitrogen and oxygen atoms in total. The first-order valence-corrected chi connectivity index (χ1v) is 7.94. The Labute approximate surface area is 115 Å². The number of rotatable bonds is 7. The Bertz CT molecular complexity index is 494. The van der Waals surface area contributed by atoms with Crippen molar-refractivity contribution in [3.05, 3.63) is 17.3 Å². The van der Waals surface area contributed by atoms with Gasteiger partial charge in [0.2, 0.25) is 0 Å².